The van der Waals surface area contributed by atoms with E-state index in [0.29, 0.717) is 18.5 Å². The first-order valence-electron chi connectivity index (χ1n) is 9.63. The Morgan fingerprint density at radius 3 is 2.65 bits per heavy atom. The van der Waals surface area contributed by atoms with Gasteiger partial charge in [-0.2, -0.15) is 0 Å². The quantitative estimate of drug-likeness (QED) is 0.487. The zero-order chi connectivity index (χ0) is 19.3. The van der Waals surface area contributed by atoms with Crippen LogP contribution in [0.3, 0.4) is 0 Å². The molecule has 2 unspecified atom stereocenters. The first-order chi connectivity index (χ1) is 12.1. The summed E-state index contributed by atoms with van der Waals surface area (Å²) < 4.78 is 5.50. The van der Waals surface area contributed by atoms with Crippen LogP contribution in [0.25, 0.3) is 0 Å². The second-order valence-corrected chi connectivity index (χ2v) is 8.53. The average Bonchev–Trinajstić information content (AvgIpc) is 2.63. The van der Waals surface area contributed by atoms with Crippen LogP contribution in [-0.4, -0.2) is 35.6 Å². The number of nitrogen functional groups attached to an aromatic ring is 1. The van der Waals surface area contributed by atoms with Gasteiger partial charge in [0.25, 0.3) is 0 Å². The van der Waals surface area contributed by atoms with Crippen LogP contribution in [0.2, 0.25) is 0 Å². The highest BCUT2D eigenvalue weighted by Gasteiger charge is 2.26. The van der Waals surface area contributed by atoms with Crippen molar-refractivity contribution in [1.82, 2.24) is 4.90 Å². The van der Waals surface area contributed by atoms with Gasteiger partial charge in [0.2, 0.25) is 0 Å². The lowest BCUT2D eigenvalue weighted by molar-refractivity contribution is -0.156. The minimum absolute atomic E-state index is 0.139. The van der Waals surface area contributed by atoms with Crippen molar-refractivity contribution in [3.8, 4) is 0 Å². The number of nitrogens with zero attached hydrogens (tertiary/aromatic N) is 1. The monoisotopic (exact) mass is 358 g/mol. The van der Waals surface area contributed by atoms with E-state index in [4.69, 9.17) is 10.5 Å². The van der Waals surface area contributed by atoms with Crippen LogP contribution in [0.15, 0.2) is 35.9 Å². The molecule has 0 aromatic heterocycles. The molecule has 0 saturated heterocycles. The fourth-order valence-corrected chi connectivity index (χ4v) is 3.47. The summed E-state index contributed by atoms with van der Waals surface area (Å²) in [5.41, 5.74) is 9.03. The van der Waals surface area contributed by atoms with Crippen LogP contribution in [0.5, 0.6) is 0 Å². The predicted octanol–water partition coefficient (Wildman–Crippen LogP) is 4.20. The van der Waals surface area contributed by atoms with Gasteiger partial charge in [-0.25, -0.2) is 0 Å². The van der Waals surface area contributed by atoms with E-state index in [1.807, 2.05) is 32.9 Å². The van der Waals surface area contributed by atoms with Gasteiger partial charge in [-0.05, 0) is 70.6 Å². The molecule has 0 radical (unpaired) electrons. The number of nitrogens with two attached hydrogens (primary N) is 1. The molecule has 0 aliphatic carbocycles. The molecule has 0 saturated carbocycles. The summed E-state index contributed by atoms with van der Waals surface area (Å²) >= 11 is 0. The van der Waals surface area contributed by atoms with E-state index < -0.39 is 5.60 Å². The largest absolute Gasteiger partial charge is 0.459 e. The molecule has 144 valence electrons. The van der Waals surface area contributed by atoms with Gasteiger partial charge in [-0.3, -0.25) is 9.69 Å². The third-order valence-corrected chi connectivity index (χ3v) is 4.89. The summed E-state index contributed by atoms with van der Waals surface area (Å²) in [6.45, 7) is 11.4. The Labute approximate surface area is 158 Å². The van der Waals surface area contributed by atoms with Gasteiger partial charge in [0.1, 0.15) is 5.60 Å². The second-order valence-electron chi connectivity index (χ2n) is 8.53. The van der Waals surface area contributed by atoms with Crippen LogP contribution >= 0.6 is 0 Å². The van der Waals surface area contributed by atoms with Gasteiger partial charge in [0.15, 0.2) is 0 Å². The first-order valence-corrected chi connectivity index (χ1v) is 9.63. The topological polar surface area (TPSA) is 55.6 Å². The van der Waals surface area contributed by atoms with Crippen molar-refractivity contribution in [3.63, 3.8) is 0 Å². The van der Waals surface area contributed by atoms with Crippen LogP contribution in [0.4, 0.5) is 5.69 Å². The number of carbonyl (C=O) groups is 1. The number of aryl methyl sites for hydroxylation is 1. The first kappa shape index (κ1) is 20.5. The second kappa shape index (κ2) is 8.72. The number of ether oxygens (including phenoxy) is 1. The SMILES string of the molecule is CC1CN(CC(=O)OC(C)(C)C)C(C)CC=C1CCc1cccc(N)c1. The number of carbonyl (C=O) groups excluding carboxylic acids is 1. The smallest absolute Gasteiger partial charge is 0.320 e. The van der Waals surface area contributed by atoms with Gasteiger partial charge in [0, 0.05) is 18.3 Å². The number of benzene rings is 1. The standard InChI is InChI=1S/C22H34N2O2/c1-16-14-24(15-21(25)26-22(3,4)5)17(2)9-11-19(16)12-10-18-7-6-8-20(23)13-18/h6-8,11,13,16-17H,9-10,12,14-15,23H2,1-5H3. The fraction of sp³-hybridized carbons (Fsp3) is 0.591. The molecular weight excluding hydrogens is 324 g/mol. The van der Waals surface area contributed by atoms with Crippen LogP contribution in [0.1, 0.15) is 53.0 Å². The lowest BCUT2D eigenvalue weighted by Gasteiger charge is -2.29. The Morgan fingerprint density at radius 2 is 2.00 bits per heavy atom. The van der Waals surface area contributed by atoms with E-state index in [1.54, 1.807) is 0 Å². The molecule has 1 aromatic carbocycles. The van der Waals surface area contributed by atoms with Crippen molar-refractivity contribution < 1.29 is 9.53 Å². The lowest BCUT2D eigenvalue weighted by Crippen LogP contribution is -2.41. The third-order valence-electron chi connectivity index (χ3n) is 4.89. The van der Waals surface area contributed by atoms with Crippen molar-refractivity contribution in [3.05, 3.63) is 41.5 Å². The summed E-state index contributed by atoms with van der Waals surface area (Å²) in [7, 11) is 0. The van der Waals surface area contributed by atoms with Crippen molar-refractivity contribution in [2.24, 2.45) is 5.92 Å². The van der Waals surface area contributed by atoms with Crippen molar-refractivity contribution in [1.29, 1.82) is 0 Å². The van der Waals surface area contributed by atoms with Crippen molar-refractivity contribution >= 4 is 11.7 Å². The maximum atomic E-state index is 12.2. The molecule has 0 bridgehead atoms. The number of hydrogen-bond acceptors (Lipinski definition) is 4. The highest BCUT2D eigenvalue weighted by molar-refractivity contribution is 5.72. The lowest BCUT2D eigenvalue weighted by atomic mass is 9.94. The summed E-state index contributed by atoms with van der Waals surface area (Å²) in [4.78, 5) is 14.5. The maximum absolute atomic E-state index is 12.2. The predicted molar refractivity (Wildman–Crippen MR) is 108 cm³/mol. The Bertz CT molecular complexity index is 646. The Hall–Kier alpha value is -1.81. The molecule has 4 heteroatoms. The molecule has 2 rings (SSSR count). The number of rotatable bonds is 5. The van der Waals surface area contributed by atoms with E-state index in [9.17, 15) is 4.79 Å². The molecule has 0 spiro atoms. The number of hydrogen-bond donors (Lipinski definition) is 1. The van der Waals surface area contributed by atoms with E-state index in [0.717, 1.165) is 31.5 Å². The highest BCUT2D eigenvalue weighted by atomic mass is 16.6. The molecule has 26 heavy (non-hydrogen) atoms. The Morgan fingerprint density at radius 1 is 1.27 bits per heavy atom. The molecule has 0 fully saturated rings. The highest BCUT2D eigenvalue weighted by Crippen LogP contribution is 2.25. The maximum Gasteiger partial charge on any atom is 0.320 e. The van der Waals surface area contributed by atoms with Gasteiger partial charge < -0.3 is 10.5 Å². The van der Waals surface area contributed by atoms with Gasteiger partial charge in [-0.15, -0.1) is 0 Å². The molecule has 1 aromatic rings. The van der Waals surface area contributed by atoms with Crippen LogP contribution < -0.4 is 5.73 Å². The minimum Gasteiger partial charge on any atom is -0.459 e. The number of esters is 1. The van der Waals surface area contributed by atoms with Crippen molar-refractivity contribution in [2.75, 3.05) is 18.8 Å². The van der Waals surface area contributed by atoms with E-state index in [1.165, 1.54) is 11.1 Å². The zero-order valence-electron chi connectivity index (χ0n) is 16.9. The van der Waals surface area contributed by atoms with Gasteiger partial charge in [0.05, 0.1) is 6.54 Å². The zero-order valence-corrected chi connectivity index (χ0v) is 16.9. The van der Waals surface area contributed by atoms with Crippen LogP contribution in [0, 0.1) is 5.92 Å². The minimum atomic E-state index is -0.432. The van der Waals surface area contributed by atoms with E-state index in [2.05, 4.69) is 37.0 Å². The summed E-state index contributed by atoms with van der Waals surface area (Å²) in [6, 6.07) is 8.47. The molecule has 1 aliphatic heterocycles. The molecule has 2 N–H and O–H groups in total. The normalized spacial score (nSPS) is 21.8. The van der Waals surface area contributed by atoms with Crippen molar-refractivity contribution in [2.45, 2.75) is 65.5 Å². The Balaban J connectivity index is 1.94. The van der Waals surface area contributed by atoms with E-state index >= 15 is 0 Å². The third kappa shape index (κ3) is 6.49. The number of anilines is 1. The molecule has 1 aliphatic rings. The van der Waals surface area contributed by atoms with E-state index in [-0.39, 0.29) is 5.97 Å². The molecule has 0 amide bonds. The van der Waals surface area contributed by atoms with Crippen LogP contribution in [-0.2, 0) is 16.0 Å². The average molecular weight is 359 g/mol. The van der Waals surface area contributed by atoms with Gasteiger partial charge in [-0.1, -0.05) is 30.7 Å². The summed E-state index contributed by atoms with van der Waals surface area (Å²) in [5.74, 6) is 0.295. The molecule has 1 heterocycles. The molecule has 2 atom stereocenters. The molecular formula is C22H34N2O2. The van der Waals surface area contributed by atoms with Gasteiger partial charge >= 0.3 is 5.97 Å². The fourth-order valence-electron chi connectivity index (χ4n) is 3.47. The summed E-state index contributed by atoms with van der Waals surface area (Å²) in [6.07, 6.45) is 5.38. The summed E-state index contributed by atoms with van der Waals surface area (Å²) in [5, 5.41) is 0. The molecule has 4 nitrogen and oxygen atoms in total. The Kier molecular flexibility index (Phi) is 6.87.